The van der Waals surface area contributed by atoms with Crippen molar-refractivity contribution in [2.24, 2.45) is 7.05 Å². The predicted molar refractivity (Wildman–Crippen MR) is 51.6 cm³/mol. The van der Waals surface area contributed by atoms with Crippen LogP contribution in [0.1, 0.15) is 5.69 Å². The predicted octanol–water partition coefficient (Wildman–Crippen LogP) is 1.72. The van der Waals surface area contributed by atoms with Crippen LogP contribution in [0.4, 0.5) is 0 Å². The Bertz CT molecular complexity index is 450. The molecule has 2 heterocycles. The number of rotatable bonds is 1. The average molecular weight is 197 g/mol. The molecule has 3 nitrogen and oxygen atoms in total. The number of aromatic nitrogens is 2. The summed E-state index contributed by atoms with van der Waals surface area (Å²) in [4.78, 5) is 4.17. The first-order valence-electron chi connectivity index (χ1n) is 3.93. The molecule has 0 spiro atoms. The van der Waals surface area contributed by atoms with Gasteiger partial charge in [-0.2, -0.15) is 0 Å². The molecule has 2 rings (SSSR count). The summed E-state index contributed by atoms with van der Waals surface area (Å²) in [6.07, 6.45) is 1.60. The molecule has 0 aromatic carbocycles. The summed E-state index contributed by atoms with van der Waals surface area (Å²) in [7, 11) is 1.87. The molecule has 0 aliphatic carbocycles. The minimum Gasteiger partial charge on any atom is -0.390 e. The number of halogens is 1. The molecule has 0 amide bonds. The van der Waals surface area contributed by atoms with Crippen LogP contribution < -0.4 is 0 Å². The molecule has 0 saturated carbocycles. The summed E-state index contributed by atoms with van der Waals surface area (Å²) in [5.74, 6) is 0. The first-order valence-corrected chi connectivity index (χ1v) is 4.31. The molecule has 0 unspecified atom stereocenters. The van der Waals surface area contributed by atoms with Crippen molar-refractivity contribution in [1.82, 2.24) is 9.55 Å². The summed E-state index contributed by atoms with van der Waals surface area (Å²) >= 11 is 5.79. The molecular weight excluding hydrogens is 188 g/mol. The van der Waals surface area contributed by atoms with Gasteiger partial charge in [0.2, 0.25) is 0 Å². The average Bonchev–Trinajstić information content (AvgIpc) is 2.42. The zero-order valence-electron chi connectivity index (χ0n) is 7.16. The van der Waals surface area contributed by atoms with Gasteiger partial charge >= 0.3 is 0 Å². The van der Waals surface area contributed by atoms with Gasteiger partial charge in [-0.3, -0.25) is 0 Å². The maximum Gasteiger partial charge on any atom is 0.139 e. The van der Waals surface area contributed by atoms with Crippen molar-refractivity contribution >= 4 is 22.6 Å². The molecule has 0 radical (unpaired) electrons. The molecule has 0 aliphatic rings. The normalized spacial score (nSPS) is 11.0. The van der Waals surface area contributed by atoms with Gasteiger partial charge in [-0.05, 0) is 12.1 Å². The molecule has 0 aliphatic heterocycles. The standard InChI is InChI=1S/C9H9ClN2O/c1-12-8(5-13)3-6-2-7(10)4-11-9(6)12/h2-4,13H,5H2,1H3. The van der Waals surface area contributed by atoms with E-state index in [0.29, 0.717) is 5.02 Å². The Labute approximate surface area is 80.6 Å². The van der Waals surface area contributed by atoms with Crippen molar-refractivity contribution in [3.63, 3.8) is 0 Å². The van der Waals surface area contributed by atoms with Crippen molar-refractivity contribution in [2.45, 2.75) is 6.61 Å². The van der Waals surface area contributed by atoms with Crippen LogP contribution in [-0.4, -0.2) is 14.7 Å². The highest BCUT2D eigenvalue weighted by molar-refractivity contribution is 6.31. The molecule has 0 fully saturated rings. The third-order valence-corrected chi connectivity index (χ3v) is 2.30. The van der Waals surface area contributed by atoms with Gasteiger partial charge in [-0.25, -0.2) is 4.98 Å². The first kappa shape index (κ1) is 8.53. The van der Waals surface area contributed by atoms with E-state index in [0.717, 1.165) is 16.7 Å². The Balaban J connectivity index is 2.76. The minimum absolute atomic E-state index is 0.0183. The van der Waals surface area contributed by atoms with E-state index in [9.17, 15) is 0 Å². The van der Waals surface area contributed by atoms with Crippen LogP contribution in [0.2, 0.25) is 5.02 Å². The zero-order chi connectivity index (χ0) is 9.42. The second-order valence-electron chi connectivity index (χ2n) is 2.92. The van der Waals surface area contributed by atoms with Crippen LogP contribution in [0.5, 0.6) is 0 Å². The van der Waals surface area contributed by atoms with Crippen molar-refractivity contribution in [3.8, 4) is 0 Å². The van der Waals surface area contributed by atoms with Gasteiger partial charge < -0.3 is 9.67 Å². The molecule has 2 aromatic heterocycles. The summed E-state index contributed by atoms with van der Waals surface area (Å²) in [5.41, 5.74) is 1.68. The van der Waals surface area contributed by atoms with Gasteiger partial charge in [0.1, 0.15) is 5.65 Å². The van der Waals surface area contributed by atoms with E-state index in [4.69, 9.17) is 16.7 Å². The number of nitrogens with zero attached hydrogens (tertiary/aromatic N) is 2. The maximum atomic E-state index is 9.01. The topological polar surface area (TPSA) is 38.0 Å². The number of pyridine rings is 1. The summed E-state index contributed by atoms with van der Waals surface area (Å²) < 4.78 is 1.85. The number of hydrogen-bond acceptors (Lipinski definition) is 2. The van der Waals surface area contributed by atoms with E-state index in [1.54, 1.807) is 6.20 Å². The fraction of sp³-hybridized carbons (Fsp3) is 0.222. The minimum atomic E-state index is 0.0183. The SMILES string of the molecule is Cn1c(CO)cc2cc(Cl)cnc21. The number of aliphatic hydroxyl groups excluding tert-OH is 1. The smallest absolute Gasteiger partial charge is 0.139 e. The third kappa shape index (κ3) is 1.30. The third-order valence-electron chi connectivity index (χ3n) is 2.09. The van der Waals surface area contributed by atoms with Gasteiger partial charge in [0.15, 0.2) is 0 Å². The molecule has 4 heteroatoms. The van der Waals surface area contributed by atoms with Crippen LogP contribution in [0, 0.1) is 0 Å². The van der Waals surface area contributed by atoms with E-state index in [1.807, 2.05) is 23.7 Å². The quantitative estimate of drug-likeness (QED) is 0.754. The largest absolute Gasteiger partial charge is 0.390 e. The van der Waals surface area contributed by atoms with Crippen molar-refractivity contribution < 1.29 is 5.11 Å². The molecule has 13 heavy (non-hydrogen) atoms. The van der Waals surface area contributed by atoms with Crippen molar-refractivity contribution in [2.75, 3.05) is 0 Å². The van der Waals surface area contributed by atoms with Crippen LogP contribution >= 0.6 is 11.6 Å². The number of hydrogen-bond donors (Lipinski definition) is 1. The fourth-order valence-corrected chi connectivity index (χ4v) is 1.56. The monoisotopic (exact) mass is 196 g/mol. The molecular formula is C9H9ClN2O. The van der Waals surface area contributed by atoms with E-state index < -0.39 is 0 Å². The molecule has 0 bridgehead atoms. The Morgan fingerprint density at radius 1 is 1.54 bits per heavy atom. The van der Waals surface area contributed by atoms with Gasteiger partial charge in [-0.15, -0.1) is 0 Å². The van der Waals surface area contributed by atoms with Gasteiger partial charge in [0.25, 0.3) is 0 Å². The van der Waals surface area contributed by atoms with E-state index >= 15 is 0 Å². The molecule has 0 atom stereocenters. The summed E-state index contributed by atoms with van der Waals surface area (Å²) in [5, 5.41) is 10.6. The van der Waals surface area contributed by atoms with Gasteiger partial charge in [0.05, 0.1) is 11.6 Å². The van der Waals surface area contributed by atoms with E-state index in [1.165, 1.54) is 0 Å². The highest BCUT2D eigenvalue weighted by Crippen LogP contribution is 2.19. The Morgan fingerprint density at radius 2 is 2.31 bits per heavy atom. The molecule has 2 aromatic rings. The van der Waals surface area contributed by atoms with Crippen LogP contribution in [0.25, 0.3) is 11.0 Å². The lowest BCUT2D eigenvalue weighted by Crippen LogP contribution is -1.95. The van der Waals surface area contributed by atoms with E-state index in [2.05, 4.69) is 4.98 Å². The molecule has 1 N–H and O–H groups in total. The lowest BCUT2D eigenvalue weighted by Gasteiger charge is -1.98. The van der Waals surface area contributed by atoms with Crippen LogP contribution in [-0.2, 0) is 13.7 Å². The highest BCUT2D eigenvalue weighted by atomic mass is 35.5. The van der Waals surface area contributed by atoms with Crippen molar-refractivity contribution in [3.05, 3.63) is 29.0 Å². The number of aryl methyl sites for hydroxylation is 1. The van der Waals surface area contributed by atoms with Gasteiger partial charge in [0, 0.05) is 24.3 Å². The van der Waals surface area contributed by atoms with Gasteiger partial charge in [-0.1, -0.05) is 11.6 Å². The Hall–Kier alpha value is -1.06. The molecule has 0 saturated heterocycles. The lowest BCUT2D eigenvalue weighted by molar-refractivity contribution is 0.273. The fourth-order valence-electron chi connectivity index (χ4n) is 1.40. The summed E-state index contributed by atoms with van der Waals surface area (Å²) in [6.45, 7) is 0.0183. The number of fused-ring (bicyclic) bond motifs is 1. The second kappa shape index (κ2) is 3.01. The number of aliphatic hydroxyl groups is 1. The first-order chi connectivity index (χ1) is 6.22. The summed E-state index contributed by atoms with van der Waals surface area (Å²) in [6, 6.07) is 3.72. The Kier molecular flexibility index (Phi) is 1.98. The van der Waals surface area contributed by atoms with Crippen LogP contribution in [0.15, 0.2) is 18.3 Å². The second-order valence-corrected chi connectivity index (χ2v) is 3.36. The molecule has 68 valence electrons. The van der Waals surface area contributed by atoms with Crippen molar-refractivity contribution in [1.29, 1.82) is 0 Å². The van der Waals surface area contributed by atoms with E-state index in [-0.39, 0.29) is 6.61 Å². The van der Waals surface area contributed by atoms with Crippen LogP contribution in [0.3, 0.4) is 0 Å². The lowest BCUT2D eigenvalue weighted by atomic mass is 10.3. The zero-order valence-corrected chi connectivity index (χ0v) is 7.91. The maximum absolute atomic E-state index is 9.01. The highest BCUT2D eigenvalue weighted by Gasteiger charge is 2.05. The Morgan fingerprint density at radius 3 is 3.00 bits per heavy atom.